The van der Waals surface area contributed by atoms with E-state index in [4.69, 9.17) is 21.6 Å². The number of para-hydroxylation sites is 2. The van der Waals surface area contributed by atoms with Crippen molar-refractivity contribution in [3.63, 3.8) is 0 Å². The number of anilines is 2. The highest BCUT2D eigenvalue weighted by Gasteiger charge is 2.31. The van der Waals surface area contributed by atoms with Crippen LogP contribution in [0.2, 0.25) is 5.02 Å². The number of aromatic nitrogens is 2. The molecule has 1 fully saturated rings. The molecular formula is C23H24ClN5O3S. The van der Waals surface area contributed by atoms with Crippen molar-refractivity contribution >= 4 is 50.2 Å². The van der Waals surface area contributed by atoms with Gasteiger partial charge in [-0.05, 0) is 49.6 Å². The molecule has 5 rings (SSSR count). The largest absolute Gasteiger partial charge is 0.357 e. The first-order valence-electron chi connectivity index (χ1n) is 11.0. The number of rotatable bonds is 3. The van der Waals surface area contributed by atoms with Gasteiger partial charge in [0.1, 0.15) is 0 Å². The monoisotopic (exact) mass is 485 g/mol. The van der Waals surface area contributed by atoms with Crippen LogP contribution in [0.5, 0.6) is 0 Å². The summed E-state index contributed by atoms with van der Waals surface area (Å²) in [5.74, 6) is 0.665. The van der Waals surface area contributed by atoms with E-state index in [9.17, 15) is 13.2 Å². The Morgan fingerprint density at radius 2 is 1.58 bits per heavy atom. The molecule has 2 aliphatic rings. The Kier molecular flexibility index (Phi) is 5.72. The van der Waals surface area contributed by atoms with Gasteiger partial charge in [-0.25, -0.2) is 18.4 Å². The standard InChI is InChI=1S/C23H24ClN5O3S/c1-27-11-6-14-29(22-21(27)25-19-7-2-3-8-20(19)26-22)23(30)17-15-16(9-10-18(17)24)33(31,32)28-12-4-5-13-28/h2-3,7-10,15H,4-6,11-14H2,1H3. The highest BCUT2D eigenvalue weighted by Crippen LogP contribution is 2.33. The van der Waals surface area contributed by atoms with Crippen LogP contribution in [0.15, 0.2) is 47.4 Å². The molecule has 0 saturated carbocycles. The van der Waals surface area contributed by atoms with Gasteiger partial charge in [0.05, 0.1) is 26.5 Å². The van der Waals surface area contributed by atoms with E-state index in [0.717, 1.165) is 18.4 Å². The second-order valence-corrected chi connectivity index (χ2v) is 10.7. The van der Waals surface area contributed by atoms with E-state index in [-0.39, 0.29) is 21.4 Å². The number of halogens is 1. The topological polar surface area (TPSA) is 86.7 Å². The second kappa shape index (κ2) is 8.55. The number of hydrogen-bond acceptors (Lipinski definition) is 6. The van der Waals surface area contributed by atoms with Crippen LogP contribution < -0.4 is 9.80 Å². The summed E-state index contributed by atoms with van der Waals surface area (Å²) in [4.78, 5) is 26.8. The van der Waals surface area contributed by atoms with Crippen molar-refractivity contribution in [2.75, 3.05) is 43.0 Å². The van der Waals surface area contributed by atoms with Crippen molar-refractivity contribution in [3.8, 4) is 0 Å². The maximum atomic E-state index is 13.7. The Hall–Kier alpha value is -2.75. The highest BCUT2D eigenvalue weighted by molar-refractivity contribution is 7.89. The molecule has 0 radical (unpaired) electrons. The summed E-state index contributed by atoms with van der Waals surface area (Å²) in [6, 6.07) is 11.8. The highest BCUT2D eigenvalue weighted by atomic mass is 35.5. The van der Waals surface area contributed by atoms with E-state index in [2.05, 4.69) is 0 Å². The maximum absolute atomic E-state index is 13.7. The van der Waals surface area contributed by atoms with Gasteiger partial charge in [0.2, 0.25) is 10.0 Å². The van der Waals surface area contributed by atoms with Crippen molar-refractivity contribution in [1.29, 1.82) is 0 Å². The van der Waals surface area contributed by atoms with Crippen LogP contribution in [0.25, 0.3) is 11.0 Å². The summed E-state index contributed by atoms with van der Waals surface area (Å²) in [5, 5.41) is 0.202. The third-order valence-corrected chi connectivity index (χ3v) is 8.37. The fourth-order valence-electron chi connectivity index (χ4n) is 4.35. The van der Waals surface area contributed by atoms with Crippen LogP contribution in [0.1, 0.15) is 29.6 Å². The van der Waals surface area contributed by atoms with E-state index in [0.29, 0.717) is 49.8 Å². The average molecular weight is 486 g/mol. The van der Waals surface area contributed by atoms with Crippen molar-refractivity contribution in [2.45, 2.75) is 24.2 Å². The molecule has 0 bridgehead atoms. The summed E-state index contributed by atoms with van der Waals surface area (Å²) in [6.07, 6.45) is 2.38. The van der Waals surface area contributed by atoms with Crippen LogP contribution in [-0.2, 0) is 10.0 Å². The normalized spacial score (nSPS) is 17.3. The number of sulfonamides is 1. The van der Waals surface area contributed by atoms with Crippen LogP contribution in [0.4, 0.5) is 11.6 Å². The van der Waals surface area contributed by atoms with Crippen LogP contribution in [0.3, 0.4) is 0 Å². The Bertz CT molecular complexity index is 1340. The fraction of sp³-hybridized carbons (Fsp3) is 0.348. The minimum atomic E-state index is -3.68. The van der Waals surface area contributed by atoms with Gasteiger partial charge < -0.3 is 4.90 Å². The molecular weight excluding hydrogens is 462 g/mol. The number of fused-ring (bicyclic) bond motifs is 2. The Balaban J connectivity index is 1.59. The molecule has 1 saturated heterocycles. The van der Waals surface area contributed by atoms with E-state index in [1.807, 2.05) is 36.2 Å². The summed E-state index contributed by atoms with van der Waals surface area (Å²) in [5.41, 5.74) is 1.57. The van der Waals surface area contributed by atoms with Gasteiger partial charge in [0.25, 0.3) is 5.91 Å². The van der Waals surface area contributed by atoms with E-state index < -0.39 is 10.0 Å². The van der Waals surface area contributed by atoms with Gasteiger partial charge in [-0.2, -0.15) is 4.31 Å². The van der Waals surface area contributed by atoms with Gasteiger partial charge in [0, 0.05) is 33.2 Å². The third-order valence-electron chi connectivity index (χ3n) is 6.14. The summed E-state index contributed by atoms with van der Waals surface area (Å²) < 4.78 is 27.6. The number of hydrogen-bond donors (Lipinski definition) is 0. The first kappa shape index (κ1) is 22.1. The lowest BCUT2D eigenvalue weighted by Crippen LogP contribution is -2.33. The van der Waals surface area contributed by atoms with Gasteiger partial charge in [-0.15, -0.1) is 0 Å². The molecule has 0 spiro atoms. The number of amides is 1. The third kappa shape index (κ3) is 3.94. The molecule has 8 nitrogen and oxygen atoms in total. The minimum absolute atomic E-state index is 0.0777. The molecule has 33 heavy (non-hydrogen) atoms. The molecule has 3 heterocycles. The molecule has 0 N–H and O–H groups in total. The molecule has 1 aromatic heterocycles. The van der Waals surface area contributed by atoms with Crippen LogP contribution in [-0.4, -0.2) is 61.8 Å². The summed E-state index contributed by atoms with van der Waals surface area (Å²) >= 11 is 6.41. The van der Waals surface area contributed by atoms with E-state index >= 15 is 0 Å². The maximum Gasteiger partial charge on any atom is 0.261 e. The van der Waals surface area contributed by atoms with Crippen molar-refractivity contribution in [2.24, 2.45) is 0 Å². The Morgan fingerprint density at radius 3 is 2.27 bits per heavy atom. The molecule has 0 atom stereocenters. The average Bonchev–Trinajstić information content (AvgIpc) is 3.32. The zero-order chi connectivity index (χ0) is 23.2. The van der Waals surface area contributed by atoms with Gasteiger partial charge in [-0.3, -0.25) is 9.69 Å². The van der Waals surface area contributed by atoms with Gasteiger partial charge >= 0.3 is 0 Å². The Morgan fingerprint density at radius 1 is 0.909 bits per heavy atom. The Labute approximate surface area is 197 Å². The van der Waals surface area contributed by atoms with Crippen molar-refractivity contribution < 1.29 is 13.2 Å². The molecule has 2 aliphatic heterocycles. The quantitative estimate of drug-likeness (QED) is 0.563. The first-order valence-corrected chi connectivity index (χ1v) is 12.8. The van der Waals surface area contributed by atoms with Crippen molar-refractivity contribution in [1.82, 2.24) is 14.3 Å². The van der Waals surface area contributed by atoms with Crippen molar-refractivity contribution in [3.05, 3.63) is 53.1 Å². The molecule has 10 heteroatoms. The van der Waals surface area contributed by atoms with Crippen LogP contribution in [0, 0.1) is 0 Å². The molecule has 3 aromatic rings. The SMILES string of the molecule is CN1CCCN(C(=O)c2cc(S(=O)(=O)N3CCCC3)ccc2Cl)c2nc3ccccc3nc21. The predicted molar refractivity (Wildman–Crippen MR) is 129 cm³/mol. The lowest BCUT2D eigenvalue weighted by molar-refractivity contribution is 0.0986. The number of benzene rings is 2. The number of nitrogens with zero attached hydrogens (tertiary/aromatic N) is 5. The van der Waals surface area contributed by atoms with E-state index in [1.54, 1.807) is 4.90 Å². The smallest absolute Gasteiger partial charge is 0.261 e. The lowest BCUT2D eigenvalue weighted by Gasteiger charge is -2.23. The number of carbonyl (C=O) groups is 1. The van der Waals surface area contributed by atoms with Gasteiger partial charge in [0.15, 0.2) is 11.6 Å². The van der Waals surface area contributed by atoms with Crippen LogP contribution >= 0.6 is 11.6 Å². The fourth-order valence-corrected chi connectivity index (χ4v) is 6.09. The molecule has 2 aromatic carbocycles. The molecule has 1 amide bonds. The van der Waals surface area contributed by atoms with Gasteiger partial charge in [-0.1, -0.05) is 23.7 Å². The second-order valence-electron chi connectivity index (χ2n) is 8.34. The first-order chi connectivity index (χ1) is 15.9. The zero-order valence-corrected chi connectivity index (χ0v) is 19.8. The molecule has 0 unspecified atom stereocenters. The van der Waals surface area contributed by atoms with E-state index in [1.165, 1.54) is 22.5 Å². The lowest BCUT2D eigenvalue weighted by atomic mass is 10.2. The zero-order valence-electron chi connectivity index (χ0n) is 18.2. The summed E-state index contributed by atoms with van der Waals surface area (Å²) in [6.45, 7) is 2.11. The number of carbonyl (C=O) groups excluding carboxylic acids is 1. The molecule has 0 aliphatic carbocycles. The summed E-state index contributed by atoms with van der Waals surface area (Å²) in [7, 11) is -1.76. The molecule has 172 valence electrons. The predicted octanol–water partition coefficient (Wildman–Crippen LogP) is 3.55. The minimum Gasteiger partial charge on any atom is -0.357 e.